The predicted molar refractivity (Wildman–Crippen MR) is 110 cm³/mol. The highest BCUT2D eigenvalue weighted by Gasteiger charge is 2.23. The fraction of sp³-hybridized carbons (Fsp3) is 0.400. The molecule has 3 aromatic rings. The van der Waals surface area contributed by atoms with Gasteiger partial charge in [0.1, 0.15) is 0 Å². The van der Waals surface area contributed by atoms with Gasteiger partial charge < -0.3 is 5.32 Å². The van der Waals surface area contributed by atoms with Gasteiger partial charge in [0.15, 0.2) is 0 Å². The number of aromatic nitrogens is 4. The van der Waals surface area contributed by atoms with Crippen molar-refractivity contribution in [3.63, 3.8) is 0 Å². The van der Waals surface area contributed by atoms with Crippen LogP contribution in [0.1, 0.15) is 19.8 Å². The van der Waals surface area contributed by atoms with E-state index in [9.17, 15) is 4.79 Å². The van der Waals surface area contributed by atoms with Crippen molar-refractivity contribution in [2.75, 3.05) is 19.6 Å². The number of rotatable bonds is 7. The minimum atomic E-state index is -0.0768. The first-order valence-electron chi connectivity index (χ1n) is 9.62. The van der Waals surface area contributed by atoms with E-state index in [4.69, 9.17) is 0 Å². The molecular weight excluding hydrogens is 372 g/mol. The highest BCUT2D eigenvalue weighted by molar-refractivity contribution is 7.13. The summed E-state index contributed by atoms with van der Waals surface area (Å²) in [6.07, 6.45) is 9.28. The second-order valence-corrected chi connectivity index (χ2v) is 7.86. The number of carbonyl (C=O) groups is 1. The standard InChI is InChI=1S/C20H24N6OS/c1-15(25-9-2-3-10-25)20(27)23-8-11-26-19(18-5-4-12-28-18)16(13-24-26)17-14-21-6-7-22-17/h4-7,12-15H,2-3,8-11H2,1H3,(H,23,27)/t15-/m1/s1. The quantitative estimate of drug-likeness (QED) is 0.664. The summed E-state index contributed by atoms with van der Waals surface area (Å²) in [5.74, 6) is 0.0841. The Bertz CT molecular complexity index is 902. The smallest absolute Gasteiger partial charge is 0.237 e. The van der Waals surface area contributed by atoms with Gasteiger partial charge in [-0.25, -0.2) is 0 Å². The van der Waals surface area contributed by atoms with Gasteiger partial charge in [0.05, 0.1) is 41.2 Å². The summed E-state index contributed by atoms with van der Waals surface area (Å²) in [7, 11) is 0. The number of nitrogens with one attached hydrogen (secondary N) is 1. The monoisotopic (exact) mass is 396 g/mol. The SMILES string of the molecule is C[C@H](C(=O)NCCn1ncc(-c2cnccn2)c1-c1cccs1)N1CCCC1. The lowest BCUT2D eigenvalue weighted by Crippen LogP contribution is -2.44. The van der Waals surface area contributed by atoms with Crippen LogP contribution in [0.25, 0.3) is 21.8 Å². The molecule has 0 radical (unpaired) electrons. The zero-order chi connectivity index (χ0) is 19.3. The van der Waals surface area contributed by atoms with Crippen LogP contribution in [0.4, 0.5) is 0 Å². The van der Waals surface area contributed by atoms with E-state index in [0.29, 0.717) is 13.1 Å². The summed E-state index contributed by atoms with van der Waals surface area (Å²) in [5.41, 5.74) is 2.76. The summed E-state index contributed by atoms with van der Waals surface area (Å²) >= 11 is 1.66. The van der Waals surface area contributed by atoms with Crippen LogP contribution in [0.5, 0.6) is 0 Å². The number of thiophene rings is 1. The maximum absolute atomic E-state index is 12.5. The maximum Gasteiger partial charge on any atom is 0.237 e. The van der Waals surface area contributed by atoms with Crippen molar-refractivity contribution in [2.45, 2.75) is 32.4 Å². The van der Waals surface area contributed by atoms with E-state index >= 15 is 0 Å². The van der Waals surface area contributed by atoms with Gasteiger partial charge in [0.2, 0.25) is 5.91 Å². The van der Waals surface area contributed by atoms with Crippen molar-refractivity contribution in [3.8, 4) is 21.8 Å². The van der Waals surface area contributed by atoms with Crippen molar-refractivity contribution in [1.82, 2.24) is 30.0 Å². The van der Waals surface area contributed by atoms with E-state index in [-0.39, 0.29) is 11.9 Å². The van der Waals surface area contributed by atoms with Crippen molar-refractivity contribution in [3.05, 3.63) is 42.3 Å². The number of amides is 1. The third-order valence-electron chi connectivity index (χ3n) is 5.12. The molecule has 28 heavy (non-hydrogen) atoms. The van der Waals surface area contributed by atoms with Crippen LogP contribution in [0.3, 0.4) is 0 Å². The summed E-state index contributed by atoms with van der Waals surface area (Å²) in [5, 5.41) is 9.67. The van der Waals surface area contributed by atoms with Crippen molar-refractivity contribution >= 4 is 17.2 Å². The molecule has 0 aliphatic carbocycles. The molecule has 7 nitrogen and oxygen atoms in total. The summed E-state index contributed by atoms with van der Waals surface area (Å²) in [6, 6.07) is 4.02. The molecule has 0 bridgehead atoms. The van der Waals surface area contributed by atoms with Crippen molar-refractivity contribution in [1.29, 1.82) is 0 Å². The Balaban J connectivity index is 1.47. The molecule has 1 aliphatic rings. The summed E-state index contributed by atoms with van der Waals surface area (Å²) in [6.45, 7) is 5.15. The van der Waals surface area contributed by atoms with Gasteiger partial charge in [-0.15, -0.1) is 11.3 Å². The molecule has 0 saturated carbocycles. The van der Waals surface area contributed by atoms with Crippen LogP contribution in [-0.4, -0.2) is 56.2 Å². The lowest BCUT2D eigenvalue weighted by atomic mass is 10.1. The Kier molecular flexibility index (Phi) is 5.78. The van der Waals surface area contributed by atoms with E-state index in [2.05, 4.69) is 31.3 Å². The fourth-order valence-corrected chi connectivity index (χ4v) is 4.37. The molecule has 1 atom stereocenters. The fourth-order valence-electron chi connectivity index (χ4n) is 3.58. The zero-order valence-electron chi connectivity index (χ0n) is 15.9. The van der Waals surface area contributed by atoms with E-state index in [1.807, 2.05) is 29.2 Å². The number of carbonyl (C=O) groups excluding carboxylic acids is 1. The van der Waals surface area contributed by atoms with Crippen molar-refractivity contribution in [2.24, 2.45) is 0 Å². The van der Waals surface area contributed by atoms with Gasteiger partial charge >= 0.3 is 0 Å². The molecule has 1 aliphatic heterocycles. The molecule has 1 fully saturated rings. The van der Waals surface area contributed by atoms with E-state index < -0.39 is 0 Å². The Morgan fingerprint density at radius 3 is 2.86 bits per heavy atom. The van der Waals surface area contributed by atoms with Crippen LogP contribution in [0.15, 0.2) is 42.3 Å². The summed E-state index contributed by atoms with van der Waals surface area (Å²) in [4.78, 5) is 24.4. The largest absolute Gasteiger partial charge is 0.353 e. The molecular formula is C20H24N6OS. The van der Waals surface area contributed by atoms with Crippen LogP contribution in [-0.2, 0) is 11.3 Å². The highest BCUT2D eigenvalue weighted by Crippen LogP contribution is 2.33. The molecule has 146 valence electrons. The van der Waals surface area contributed by atoms with Gasteiger partial charge in [-0.3, -0.25) is 24.3 Å². The van der Waals surface area contributed by atoms with E-state index in [1.165, 1.54) is 12.8 Å². The Morgan fingerprint density at radius 1 is 1.29 bits per heavy atom. The van der Waals surface area contributed by atoms with Gasteiger partial charge in [0, 0.05) is 24.5 Å². The van der Waals surface area contributed by atoms with E-state index in [0.717, 1.165) is 34.9 Å². The molecule has 3 aromatic heterocycles. The van der Waals surface area contributed by atoms with Crippen molar-refractivity contribution < 1.29 is 4.79 Å². The zero-order valence-corrected chi connectivity index (χ0v) is 16.7. The average Bonchev–Trinajstić information content (AvgIpc) is 3.48. The Labute approximate surface area is 168 Å². The van der Waals surface area contributed by atoms with Gasteiger partial charge in [-0.05, 0) is 44.3 Å². The van der Waals surface area contributed by atoms with Crippen LogP contribution < -0.4 is 5.32 Å². The molecule has 1 amide bonds. The van der Waals surface area contributed by atoms with Crippen LogP contribution in [0.2, 0.25) is 0 Å². The number of hydrogen-bond acceptors (Lipinski definition) is 6. The average molecular weight is 397 g/mol. The Hall–Kier alpha value is -2.58. The lowest BCUT2D eigenvalue weighted by molar-refractivity contribution is -0.125. The Morgan fingerprint density at radius 2 is 2.14 bits per heavy atom. The van der Waals surface area contributed by atoms with Gasteiger partial charge in [-0.2, -0.15) is 5.10 Å². The van der Waals surface area contributed by atoms with E-state index in [1.54, 1.807) is 29.9 Å². The maximum atomic E-state index is 12.5. The molecule has 0 unspecified atom stereocenters. The second kappa shape index (κ2) is 8.62. The molecule has 1 N–H and O–H groups in total. The summed E-state index contributed by atoms with van der Waals surface area (Å²) < 4.78 is 1.94. The first-order chi connectivity index (χ1) is 13.7. The van der Waals surface area contributed by atoms with Crippen LogP contribution >= 0.6 is 11.3 Å². The molecule has 4 heterocycles. The molecule has 8 heteroatoms. The van der Waals surface area contributed by atoms with Gasteiger partial charge in [0.25, 0.3) is 0 Å². The highest BCUT2D eigenvalue weighted by atomic mass is 32.1. The first-order valence-corrected chi connectivity index (χ1v) is 10.5. The molecule has 0 aromatic carbocycles. The van der Waals surface area contributed by atoms with Gasteiger partial charge in [-0.1, -0.05) is 6.07 Å². The molecule has 1 saturated heterocycles. The lowest BCUT2D eigenvalue weighted by Gasteiger charge is -2.22. The number of hydrogen-bond donors (Lipinski definition) is 1. The third-order valence-corrected chi connectivity index (χ3v) is 6.00. The molecule has 4 rings (SSSR count). The topological polar surface area (TPSA) is 75.9 Å². The predicted octanol–water partition coefficient (Wildman–Crippen LogP) is 2.67. The normalized spacial score (nSPS) is 15.6. The number of nitrogens with zero attached hydrogens (tertiary/aromatic N) is 5. The number of likely N-dealkylation sites (tertiary alicyclic amines) is 1. The first kappa shape index (κ1) is 18.8. The third kappa shape index (κ3) is 3.98. The second-order valence-electron chi connectivity index (χ2n) is 6.91. The van der Waals surface area contributed by atoms with Crippen LogP contribution in [0, 0.1) is 0 Å². The molecule has 0 spiro atoms. The minimum absolute atomic E-state index is 0.0768. The minimum Gasteiger partial charge on any atom is -0.353 e.